The van der Waals surface area contributed by atoms with Gasteiger partial charge in [-0.2, -0.15) is 0 Å². The fourth-order valence-electron chi connectivity index (χ4n) is 2.88. The first kappa shape index (κ1) is 15.5. The molecule has 21 heavy (non-hydrogen) atoms. The number of benzene rings is 1. The Kier molecular flexibility index (Phi) is 4.96. The molecule has 1 aromatic rings. The zero-order valence-electron chi connectivity index (χ0n) is 12.6. The van der Waals surface area contributed by atoms with E-state index in [-0.39, 0.29) is 11.3 Å². The lowest BCUT2D eigenvalue weighted by Gasteiger charge is -2.26. The van der Waals surface area contributed by atoms with Crippen molar-refractivity contribution in [2.75, 3.05) is 25.5 Å². The number of amides is 1. The molecule has 1 amide bonds. The third-order valence-electron chi connectivity index (χ3n) is 4.03. The SMILES string of the molecule is CCCC1(C(=O)Nc2ccccc2C(=O)OC)CCNC1. The number of anilines is 1. The number of carbonyl (C=O) groups is 2. The molecule has 1 aromatic carbocycles. The van der Waals surface area contributed by atoms with E-state index in [4.69, 9.17) is 4.74 Å². The van der Waals surface area contributed by atoms with E-state index in [0.717, 1.165) is 25.8 Å². The van der Waals surface area contributed by atoms with Gasteiger partial charge in [-0.05, 0) is 31.5 Å². The molecule has 0 aliphatic carbocycles. The Morgan fingerprint density at radius 3 is 2.76 bits per heavy atom. The summed E-state index contributed by atoms with van der Waals surface area (Å²) in [5.74, 6) is -0.467. The van der Waals surface area contributed by atoms with Crippen LogP contribution >= 0.6 is 0 Å². The van der Waals surface area contributed by atoms with Gasteiger partial charge in [0.15, 0.2) is 0 Å². The molecule has 5 heteroatoms. The van der Waals surface area contributed by atoms with Crippen molar-refractivity contribution in [1.82, 2.24) is 5.32 Å². The standard InChI is InChI=1S/C16H22N2O3/c1-3-8-16(9-10-17-11-16)15(20)18-13-7-5-4-6-12(13)14(19)21-2/h4-7,17H,3,8-11H2,1-2H3,(H,18,20). The van der Waals surface area contributed by atoms with Crippen molar-refractivity contribution in [3.8, 4) is 0 Å². The van der Waals surface area contributed by atoms with Gasteiger partial charge in [0.1, 0.15) is 0 Å². The van der Waals surface area contributed by atoms with E-state index < -0.39 is 5.97 Å². The Labute approximate surface area is 125 Å². The van der Waals surface area contributed by atoms with Gasteiger partial charge in [-0.15, -0.1) is 0 Å². The second-order valence-corrected chi connectivity index (χ2v) is 5.45. The molecule has 2 rings (SSSR count). The van der Waals surface area contributed by atoms with Crippen molar-refractivity contribution in [1.29, 1.82) is 0 Å². The maximum Gasteiger partial charge on any atom is 0.339 e. The van der Waals surface area contributed by atoms with Gasteiger partial charge >= 0.3 is 5.97 Å². The summed E-state index contributed by atoms with van der Waals surface area (Å²) in [6, 6.07) is 6.93. The van der Waals surface area contributed by atoms with Crippen LogP contribution in [0.25, 0.3) is 0 Å². The summed E-state index contributed by atoms with van der Waals surface area (Å²) in [5.41, 5.74) is 0.514. The molecule has 0 bridgehead atoms. The Bertz CT molecular complexity index is 522. The number of hydrogen-bond acceptors (Lipinski definition) is 4. The summed E-state index contributed by atoms with van der Waals surface area (Å²) >= 11 is 0. The number of esters is 1. The highest BCUT2D eigenvalue weighted by Crippen LogP contribution is 2.33. The normalized spacial score (nSPS) is 21.0. The number of nitrogens with one attached hydrogen (secondary N) is 2. The summed E-state index contributed by atoms with van der Waals surface area (Å²) in [5, 5.41) is 6.17. The zero-order chi connectivity index (χ0) is 15.3. The van der Waals surface area contributed by atoms with Crippen LogP contribution in [0.2, 0.25) is 0 Å². The molecule has 2 N–H and O–H groups in total. The van der Waals surface area contributed by atoms with Crippen molar-refractivity contribution in [2.24, 2.45) is 5.41 Å². The number of ether oxygens (including phenoxy) is 1. The first-order valence-corrected chi connectivity index (χ1v) is 7.32. The van der Waals surface area contributed by atoms with Crippen molar-refractivity contribution in [3.63, 3.8) is 0 Å². The molecule has 5 nitrogen and oxygen atoms in total. The van der Waals surface area contributed by atoms with Gasteiger partial charge in [-0.1, -0.05) is 25.5 Å². The molecule has 1 heterocycles. The fraction of sp³-hybridized carbons (Fsp3) is 0.500. The molecule has 1 aliphatic heterocycles. The number of hydrogen-bond donors (Lipinski definition) is 2. The van der Waals surface area contributed by atoms with E-state index in [1.165, 1.54) is 7.11 Å². The molecule has 0 spiro atoms. The molecule has 1 atom stereocenters. The van der Waals surface area contributed by atoms with E-state index in [2.05, 4.69) is 17.6 Å². The number of rotatable bonds is 5. The highest BCUT2D eigenvalue weighted by Gasteiger charge is 2.40. The first-order valence-electron chi connectivity index (χ1n) is 7.32. The van der Waals surface area contributed by atoms with E-state index >= 15 is 0 Å². The van der Waals surface area contributed by atoms with Crippen molar-refractivity contribution >= 4 is 17.6 Å². The number of carbonyl (C=O) groups excluding carboxylic acids is 2. The lowest BCUT2D eigenvalue weighted by atomic mass is 9.81. The second kappa shape index (κ2) is 6.72. The van der Waals surface area contributed by atoms with Crippen LogP contribution in [0.5, 0.6) is 0 Å². The predicted molar refractivity (Wildman–Crippen MR) is 81.2 cm³/mol. The van der Waals surface area contributed by atoms with Crippen LogP contribution in [0.15, 0.2) is 24.3 Å². The molecule has 0 radical (unpaired) electrons. The van der Waals surface area contributed by atoms with E-state index in [9.17, 15) is 9.59 Å². The summed E-state index contributed by atoms with van der Waals surface area (Å²) in [6.45, 7) is 3.62. The number of methoxy groups -OCH3 is 1. The lowest BCUT2D eigenvalue weighted by Crippen LogP contribution is -2.38. The first-order chi connectivity index (χ1) is 10.1. The van der Waals surface area contributed by atoms with Gasteiger partial charge in [0.05, 0.1) is 23.8 Å². The lowest BCUT2D eigenvalue weighted by molar-refractivity contribution is -0.125. The minimum absolute atomic E-state index is 0.0225. The average Bonchev–Trinajstić information content (AvgIpc) is 2.97. The molecule has 1 saturated heterocycles. The van der Waals surface area contributed by atoms with Crippen LogP contribution < -0.4 is 10.6 Å². The maximum absolute atomic E-state index is 12.7. The topological polar surface area (TPSA) is 67.4 Å². The maximum atomic E-state index is 12.7. The van der Waals surface area contributed by atoms with Gasteiger partial charge in [0, 0.05) is 6.54 Å². The highest BCUT2D eigenvalue weighted by molar-refractivity contribution is 6.03. The monoisotopic (exact) mass is 290 g/mol. The second-order valence-electron chi connectivity index (χ2n) is 5.45. The van der Waals surface area contributed by atoms with Crippen LogP contribution in [-0.2, 0) is 9.53 Å². The van der Waals surface area contributed by atoms with Crippen LogP contribution in [-0.4, -0.2) is 32.1 Å². The van der Waals surface area contributed by atoms with Crippen LogP contribution in [0.3, 0.4) is 0 Å². The van der Waals surface area contributed by atoms with E-state index in [1.54, 1.807) is 24.3 Å². The Balaban J connectivity index is 2.21. The van der Waals surface area contributed by atoms with Gasteiger partial charge in [0.25, 0.3) is 0 Å². The quantitative estimate of drug-likeness (QED) is 0.816. The fourth-order valence-corrected chi connectivity index (χ4v) is 2.88. The largest absolute Gasteiger partial charge is 0.465 e. The molecule has 0 saturated carbocycles. The van der Waals surface area contributed by atoms with Gasteiger partial charge in [-0.25, -0.2) is 4.79 Å². The van der Waals surface area contributed by atoms with Crippen molar-refractivity contribution in [3.05, 3.63) is 29.8 Å². The zero-order valence-corrected chi connectivity index (χ0v) is 12.6. The molecular formula is C16H22N2O3. The van der Waals surface area contributed by atoms with Gasteiger partial charge in [-0.3, -0.25) is 4.79 Å². The van der Waals surface area contributed by atoms with Crippen LogP contribution in [0.1, 0.15) is 36.5 Å². The average molecular weight is 290 g/mol. The predicted octanol–water partition coefficient (Wildman–Crippen LogP) is 2.19. The molecule has 1 fully saturated rings. The number of para-hydroxylation sites is 1. The van der Waals surface area contributed by atoms with Gasteiger partial charge in [0.2, 0.25) is 5.91 Å². The summed E-state index contributed by atoms with van der Waals surface area (Å²) in [7, 11) is 1.33. The molecular weight excluding hydrogens is 268 g/mol. The highest BCUT2D eigenvalue weighted by atomic mass is 16.5. The Morgan fingerprint density at radius 1 is 1.38 bits per heavy atom. The third-order valence-corrected chi connectivity index (χ3v) is 4.03. The van der Waals surface area contributed by atoms with Crippen molar-refractivity contribution < 1.29 is 14.3 Å². The van der Waals surface area contributed by atoms with Crippen LogP contribution in [0.4, 0.5) is 5.69 Å². The van der Waals surface area contributed by atoms with Crippen molar-refractivity contribution in [2.45, 2.75) is 26.2 Å². The van der Waals surface area contributed by atoms with E-state index in [0.29, 0.717) is 17.8 Å². The minimum Gasteiger partial charge on any atom is -0.465 e. The summed E-state index contributed by atoms with van der Waals surface area (Å²) in [4.78, 5) is 24.4. The minimum atomic E-state index is -0.444. The molecule has 0 aromatic heterocycles. The van der Waals surface area contributed by atoms with Crippen LogP contribution in [0, 0.1) is 5.41 Å². The smallest absolute Gasteiger partial charge is 0.339 e. The molecule has 1 unspecified atom stereocenters. The van der Waals surface area contributed by atoms with E-state index in [1.807, 2.05) is 0 Å². The third kappa shape index (κ3) is 3.24. The summed E-state index contributed by atoms with van der Waals surface area (Å²) in [6.07, 6.45) is 2.62. The Morgan fingerprint density at radius 2 is 2.14 bits per heavy atom. The summed E-state index contributed by atoms with van der Waals surface area (Å²) < 4.78 is 4.75. The van der Waals surface area contributed by atoms with Gasteiger partial charge < -0.3 is 15.4 Å². The molecule has 1 aliphatic rings. The molecule has 114 valence electrons. The Hall–Kier alpha value is -1.88.